The fraction of sp³-hybridized carbons (Fsp3) is 0.429. The van der Waals surface area contributed by atoms with Crippen molar-refractivity contribution in [3.8, 4) is 0 Å². The molecule has 0 saturated carbocycles. The topological polar surface area (TPSA) is 79.5 Å². The molecule has 0 heterocycles. The minimum Gasteiger partial charge on any atom is -0.383 e. The zero-order valence-electron chi connectivity index (χ0n) is 12.3. The van der Waals surface area contributed by atoms with E-state index in [2.05, 4.69) is 16.0 Å². The normalized spacial score (nSPS) is 9.62. The lowest BCUT2D eigenvalue weighted by atomic mass is 10.1. The number of para-hydroxylation sites is 1. The third kappa shape index (κ3) is 7.08. The number of hydrogen-bond acceptors (Lipinski definition) is 4. The number of halogens is 1. The molecule has 118 valence electrons. The molecular weight excluding hydrogens is 294 g/mol. The largest absolute Gasteiger partial charge is 0.383 e. The Morgan fingerprint density at radius 1 is 1.24 bits per heavy atom. The number of carbonyl (C=O) groups excluding carboxylic acids is 2. The quantitative estimate of drug-likeness (QED) is 0.626. The summed E-state index contributed by atoms with van der Waals surface area (Å²) < 4.78 is 4.87. The van der Waals surface area contributed by atoms with Crippen LogP contribution >= 0.6 is 12.4 Å². The van der Waals surface area contributed by atoms with Gasteiger partial charge in [-0.25, -0.2) is 0 Å². The molecule has 3 N–H and O–H groups in total. The standard InChI is InChI=1S/C14H21N3O3.ClH/c1-3-16-14(19)11-6-4-5-7-12(11)17-13(18)10-15-8-9-20-2;/h4-7,15H,3,8-10H2,1-2H3,(H,16,19)(H,17,18);1H. The second-order valence-electron chi connectivity index (χ2n) is 4.12. The van der Waals surface area contributed by atoms with Crippen LogP contribution in [0.15, 0.2) is 24.3 Å². The molecule has 0 unspecified atom stereocenters. The Balaban J connectivity index is 0.00000400. The molecule has 0 aromatic heterocycles. The summed E-state index contributed by atoms with van der Waals surface area (Å²) in [5, 5.41) is 8.38. The minimum atomic E-state index is -0.198. The van der Waals surface area contributed by atoms with Gasteiger partial charge in [-0.3, -0.25) is 9.59 Å². The van der Waals surface area contributed by atoms with Crippen LogP contribution in [-0.2, 0) is 9.53 Å². The predicted octanol–water partition coefficient (Wildman–Crippen LogP) is 1.03. The molecule has 0 aliphatic heterocycles. The van der Waals surface area contributed by atoms with Crippen LogP contribution in [0.3, 0.4) is 0 Å². The van der Waals surface area contributed by atoms with Gasteiger partial charge in [-0.1, -0.05) is 12.1 Å². The number of ether oxygens (including phenoxy) is 1. The molecule has 0 saturated heterocycles. The Labute approximate surface area is 131 Å². The molecule has 0 atom stereocenters. The van der Waals surface area contributed by atoms with Gasteiger partial charge in [0.25, 0.3) is 5.91 Å². The lowest BCUT2D eigenvalue weighted by molar-refractivity contribution is -0.115. The molecule has 1 aromatic rings. The van der Waals surface area contributed by atoms with Crippen molar-refractivity contribution in [3.63, 3.8) is 0 Å². The highest BCUT2D eigenvalue weighted by Crippen LogP contribution is 2.14. The van der Waals surface area contributed by atoms with Gasteiger partial charge in [-0.2, -0.15) is 0 Å². The third-order valence-electron chi connectivity index (χ3n) is 2.55. The van der Waals surface area contributed by atoms with E-state index in [1.807, 2.05) is 6.92 Å². The lowest BCUT2D eigenvalue weighted by Crippen LogP contribution is -2.31. The molecule has 21 heavy (non-hydrogen) atoms. The third-order valence-corrected chi connectivity index (χ3v) is 2.55. The second kappa shape index (κ2) is 11.1. The van der Waals surface area contributed by atoms with Crippen LogP contribution in [-0.4, -0.2) is 45.2 Å². The van der Waals surface area contributed by atoms with E-state index in [0.29, 0.717) is 30.9 Å². The zero-order chi connectivity index (χ0) is 14.8. The van der Waals surface area contributed by atoms with E-state index in [1.165, 1.54) is 0 Å². The predicted molar refractivity (Wildman–Crippen MR) is 85.1 cm³/mol. The van der Waals surface area contributed by atoms with E-state index in [1.54, 1.807) is 31.4 Å². The van der Waals surface area contributed by atoms with Crippen LogP contribution in [0.5, 0.6) is 0 Å². The first-order valence-corrected chi connectivity index (χ1v) is 6.55. The fourth-order valence-corrected chi connectivity index (χ4v) is 1.62. The maximum Gasteiger partial charge on any atom is 0.253 e. The average molecular weight is 316 g/mol. The summed E-state index contributed by atoms with van der Waals surface area (Å²) in [5.41, 5.74) is 0.969. The van der Waals surface area contributed by atoms with Gasteiger partial charge in [0, 0.05) is 20.2 Å². The van der Waals surface area contributed by atoms with E-state index in [0.717, 1.165) is 0 Å². The summed E-state index contributed by atoms with van der Waals surface area (Å²) in [6, 6.07) is 6.92. The number of amides is 2. The van der Waals surface area contributed by atoms with E-state index < -0.39 is 0 Å². The van der Waals surface area contributed by atoms with Crippen molar-refractivity contribution < 1.29 is 14.3 Å². The summed E-state index contributed by atoms with van der Waals surface area (Å²) in [5.74, 6) is -0.395. The van der Waals surface area contributed by atoms with Crippen LogP contribution in [0, 0.1) is 0 Å². The highest BCUT2D eigenvalue weighted by atomic mass is 35.5. The van der Waals surface area contributed by atoms with E-state index in [-0.39, 0.29) is 30.8 Å². The Morgan fingerprint density at radius 2 is 1.95 bits per heavy atom. The average Bonchev–Trinajstić information content (AvgIpc) is 2.44. The summed E-state index contributed by atoms with van der Waals surface area (Å²) in [6.45, 7) is 3.70. The first kappa shape index (κ1) is 19.4. The molecule has 6 nitrogen and oxygen atoms in total. The van der Waals surface area contributed by atoms with Crippen molar-refractivity contribution in [1.82, 2.24) is 10.6 Å². The van der Waals surface area contributed by atoms with Gasteiger partial charge in [0.1, 0.15) is 0 Å². The SMILES string of the molecule is CCNC(=O)c1ccccc1NC(=O)CNCCOC.Cl. The molecule has 0 spiro atoms. The van der Waals surface area contributed by atoms with Crippen LogP contribution in [0.2, 0.25) is 0 Å². The molecule has 0 radical (unpaired) electrons. The first-order valence-electron chi connectivity index (χ1n) is 6.55. The molecule has 0 aliphatic rings. The number of carbonyl (C=O) groups is 2. The van der Waals surface area contributed by atoms with Crippen molar-refractivity contribution in [2.24, 2.45) is 0 Å². The van der Waals surface area contributed by atoms with E-state index in [9.17, 15) is 9.59 Å². The molecular formula is C14H22ClN3O3. The molecule has 7 heteroatoms. The van der Waals surface area contributed by atoms with Crippen LogP contribution in [0.25, 0.3) is 0 Å². The van der Waals surface area contributed by atoms with Gasteiger partial charge in [0.05, 0.1) is 24.4 Å². The van der Waals surface area contributed by atoms with Gasteiger partial charge < -0.3 is 20.7 Å². The number of nitrogens with one attached hydrogen (secondary N) is 3. The van der Waals surface area contributed by atoms with Gasteiger partial charge in [-0.15, -0.1) is 12.4 Å². The summed E-state index contributed by atoms with van der Waals surface area (Å²) in [6.07, 6.45) is 0. The fourth-order valence-electron chi connectivity index (χ4n) is 1.62. The van der Waals surface area contributed by atoms with Crippen molar-refractivity contribution in [2.45, 2.75) is 6.92 Å². The van der Waals surface area contributed by atoms with Crippen LogP contribution < -0.4 is 16.0 Å². The van der Waals surface area contributed by atoms with Gasteiger partial charge in [-0.05, 0) is 19.1 Å². The van der Waals surface area contributed by atoms with Gasteiger partial charge >= 0.3 is 0 Å². The van der Waals surface area contributed by atoms with Crippen LogP contribution in [0.4, 0.5) is 5.69 Å². The van der Waals surface area contributed by atoms with Gasteiger partial charge in [0.15, 0.2) is 0 Å². The summed E-state index contributed by atoms with van der Waals surface area (Å²) in [4.78, 5) is 23.6. The number of benzene rings is 1. The molecule has 1 aromatic carbocycles. The molecule has 0 fully saturated rings. The van der Waals surface area contributed by atoms with Crippen LogP contribution in [0.1, 0.15) is 17.3 Å². The Morgan fingerprint density at radius 3 is 2.62 bits per heavy atom. The number of rotatable bonds is 8. The number of methoxy groups -OCH3 is 1. The first-order chi connectivity index (χ1) is 9.69. The lowest BCUT2D eigenvalue weighted by Gasteiger charge is -2.11. The minimum absolute atomic E-state index is 0. The Hall–Kier alpha value is -1.63. The Kier molecular flexibility index (Phi) is 10.2. The molecule has 0 bridgehead atoms. The second-order valence-corrected chi connectivity index (χ2v) is 4.12. The van der Waals surface area contributed by atoms with Crippen molar-refractivity contribution in [1.29, 1.82) is 0 Å². The highest BCUT2D eigenvalue weighted by molar-refractivity contribution is 6.04. The Bertz CT molecular complexity index is 455. The molecule has 0 aliphatic carbocycles. The highest BCUT2D eigenvalue weighted by Gasteiger charge is 2.11. The van der Waals surface area contributed by atoms with E-state index in [4.69, 9.17) is 4.74 Å². The van der Waals surface area contributed by atoms with Crippen molar-refractivity contribution in [2.75, 3.05) is 38.7 Å². The van der Waals surface area contributed by atoms with E-state index >= 15 is 0 Å². The summed E-state index contributed by atoms with van der Waals surface area (Å²) in [7, 11) is 1.60. The van der Waals surface area contributed by atoms with Crippen molar-refractivity contribution in [3.05, 3.63) is 29.8 Å². The molecule has 2 amide bonds. The zero-order valence-corrected chi connectivity index (χ0v) is 13.1. The maximum absolute atomic E-state index is 11.9. The summed E-state index contributed by atoms with van der Waals surface area (Å²) >= 11 is 0. The monoisotopic (exact) mass is 315 g/mol. The van der Waals surface area contributed by atoms with Crippen molar-refractivity contribution >= 4 is 29.9 Å². The number of hydrogen-bond donors (Lipinski definition) is 3. The number of anilines is 1. The maximum atomic E-state index is 11.9. The van der Waals surface area contributed by atoms with Gasteiger partial charge in [0.2, 0.25) is 5.91 Å². The smallest absolute Gasteiger partial charge is 0.253 e. The molecule has 1 rings (SSSR count).